The molecule has 1 aromatic carbocycles. The van der Waals surface area contributed by atoms with E-state index in [1.807, 2.05) is 6.07 Å². The molecule has 1 saturated carbocycles. The van der Waals surface area contributed by atoms with Crippen molar-refractivity contribution in [2.24, 2.45) is 11.7 Å². The summed E-state index contributed by atoms with van der Waals surface area (Å²) >= 11 is 1.43. The van der Waals surface area contributed by atoms with Gasteiger partial charge in [-0.15, -0.1) is 11.3 Å². The number of nitrogens with zero attached hydrogens (tertiary/aromatic N) is 1. The van der Waals surface area contributed by atoms with E-state index in [1.54, 1.807) is 25.3 Å². The van der Waals surface area contributed by atoms with Crippen molar-refractivity contribution in [2.75, 3.05) is 5.32 Å². The molecule has 2 aromatic rings. The number of nitrogens with one attached hydrogen (secondary N) is 1. The number of amides is 1. The van der Waals surface area contributed by atoms with Gasteiger partial charge in [0.2, 0.25) is 5.91 Å². The van der Waals surface area contributed by atoms with E-state index in [0.717, 1.165) is 29.7 Å². The van der Waals surface area contributed by atoms with Crippen LogP contribution in [0.3, 0.4) is 0 Å². The number of anilines is 1. The lowest BCUT2D eigenvalue weighted by molar-refractivity contribution is -0.117. The first-order valence-corrected chi connectivity index (χ1v) is 9.08. The van der Waals surface area contributed by atoms with Gasteiger partial charge in [-0.25, -0.2) is 9.37 Å². The van der Waals surface area contributed by atoms with Crippen molar-refractivity contribution in [3.63, 3.8) is 0 Å². The van der Waals surface area contributed by atoms with Crippen molar-refractivity contribution >= 4 is 22.4 Å². The number of rotatable bonds is 5. The number of thiazole rings is 1. The van der Waals surface area contributed by atoms with Gasteiger partial charge in [-0.3, -0.25) is 4.79 Å². The summed E-state index contributed by atoms with van der Waals surface area (Å²) in [6.45, 7) is 1.75. The fraction of sp³-hybridized carbons (Fsp3) is 0.444. The molecule has 1 aliphatic carbocycles. The van der Waals surface area contributed by atoms with Crippen LogP contribution in [0.25, 0.3) is 0 Å². The maximum absolute atomic E-state index is 13.6. The zero-order chi connectivity index (χ0) is 17.1. The molecule has 0 radical (unpaired) electrons. The predicted octanol–water partition coefficient (Wildman–Crippen LogP) is 3.64. The second kappa shape index (κ2) is 7.40. The zero-order valence-electron chi connectivity index (χ0n) is 13.7. The molecule has 4 nitrogen and oxygen atoms in total. The topological polar surface area (TPSA) is 68.0 Å². The third-order valence-corrected chi connectivity index (χ3v) is 5.49. The van der Waals surface area contributed by atoms with Gasteiger partial charge in [0.05, 0.1) is 0 Å². The number of aryl methyl sites for hydroxylation is 1. The Balaban J connectivity index is 1.56. The molecular weight excluding hydrogens is 325 g/mol. The molecule has 0 saturated heterocycles. The molecule has 0 unspecified atom stereocenters. The van der Waals surface area contributed by atoms with E-state index in [2.05, 4.69) is 10.3 Å². The third kappa shape index (κ3) is 4.19. The van der Waals surface area contributed by atoms with Crippen molar-refractivity contribution < 1.29 is 9.18 Å². The fourth-order valence-corrected chi connectivity index (χ4v) is 3.98. The molecule has 24 heavy (non-hydrogen) atoms. The minimum Gasteiger partial charge on any atom is -0.327 e. The van der Waals surface area contributed by atoms with Gasteiger partial charge >= 0.3 is 0 Å². The summed E-state index contributed by atoms with van der Waals surface area (Å²) in [6, 6.07) is 5.38. The van der Waals surface area contributed by atoms with Crippen LogP contribution in [0.15, 0.2) is 24.4 Å². The standard InChI is InChI=1S/C18H22FN3OS/c1-11-5-6-12(8-15(11)19)7-14-10-21-18(24-14)22-17(23)9-13-3-2-4-16(13)20/h5-6,8,10,13,16H,2-4,7,9,20H2,1H3,(H,21,22,23)/t13-,16+/m0/s1. The van der Waals surface area contributed by atoms with Crippen LogP contribution in [0, 0.1) is 18.7 Å². The van der Waals surface area contributed by atoms with Gasteiger partial charge in [-0.05, 0) is 42.9 Å². The second-order valence-corrected chi connectivity index (χ2v) is 7.61. The van der Waals surface area contributed by atoms with Gasteiger partial charge in [-0.1, -0.05) is 18.6 Å². The summed E-state index contributed by atoms with van der Waals surface area (Å²) < 4.78 is 13.6. The lowest BCUT2D eigenvalue weighted by Gasteiger charge is -2.13. The molecule has 128 valence electrons. The van der Waals surface area contributed by atoms with Gasteiger partial charge in [0.25, 0.3) is 0 Å². The highest BCUT2D eigenvalue weighted by Gasteiger charge is 2.26. The maximum atomic E-state index is 13.6. The minimum atomic E-state index is -0.196. The Bertz CT molecular complexity index is 731. The average molecular weight is 347 g/mol. The third-order valence-electron chi connectivity index (χ3n) is 4.58. The van der Waals surface area contributed by atoms with E-state index in [9.17, 15) is 9.18 Å². The van der Waals surface area contributed by atoms with E-state index in [-0.39, 0.29) is 23.7 Å². The van der Waals surface area contributed by atoms with Crippen LogP contribution < -0.4 is 11.1 Å². The van der Waals surface area contributed by atoms with Gasteiger partial charge in [0.1, 0.15) is 5.82 Å². The van der Waals surface area contributed by atoms with E-state index >= 15 is 0 Å². The monoisotopic (exact) mass is 347 g/mol. The van der Waals surface area contributed by atoms with Gasteiger partial charge in [-0.2, -0.15) is 0 Å². The first-order chi connectivity index (χ1) is 11.5. The normalized spacial score (nSPS) is 20.3. The Kier molecular flexibility index (Phi) is 5.26. The lowest BCUT2D eigenvalue weighted by Crippen LogP contribution is -2.28. The summed E-state index contributed by atoms with van der Waals surface area (Å²) in [4.78, 5) is 17.4. The Labute approximate surface area is 145 Å². The van der Waals surface area contributed by atoms with Crippen LogP contribution in [-0.4, -0.2) is 16.9 Å². The molecule has 0 aliphatic heterocycles. The molecule has 1 heterocycles. The fourth-order valence-electron chi connectivity index (χ4n) is 3.12. The van der Waals surface area contributed by atoms with Crippen LogP contribution in [0.5, 0.6) is 0 Å². The summed E-state index contributed by atoms with van der Waals surface area (Å²) in [6.07, 6.45) is 5.94. The Hall–Kier alpha value is -1.79. The van der Waals surface area contributed by atoms with E-state index in [0.29, 0.717) is 23.5 Å². The number of carbonyl (C=O) groups excluding carboxylic acids is 1. The highest BCUT2D eigenvalue weighted by molar-refractivity contribution is 7.15. The minimum absolute atomic E-state index is 0.0281. The molecule has 0 spiro atoms. The number of nitrogens with two attached hydrogens (primary N) is 1. The second-order valence-electron chi connectivity index (χ2n) is 6.50. The first-order valence-electron chi connectivity index (χ1n) is 8.26. The first kappa shape index (κ1) is 17.0. The Morgan fingerprint density at radius 3 is 3.00 bits per heavy atom. The van der Waals surface area contributed by atoms with Crippen LogP contribution in [0.4, 0.5) is 9.52 Å². The molecule has 0 bridgehead atoms. The summed E-state index contributed by atoms with van der Waals surface area (Å²) in [5.74, 6) is 0.0537. The highest BCUT2D eigenvalue weighted by Crippen LogP contribution is 2.28. The molecule has 2 atom stereocenters. The van der Waals surface area contributed by atoms with Crippen LogP contribution in [0.1, 0.15) is 41.7 Å². The maximum Gasteiger partial charge on any atom is 0.226 e. The number of hydrogen-bond donors (Lipinski definition) is 2. The average Bonchev–Trinajstić information content (AvgIpc) is 3.13. The summed E-state index contributed by atoms with van der Waals surface area (Å²) in [7, 11) is 0. The predicted molar refractivity (Wildman–Crippen MR) is 94.6 cm³/mol. The van der Waals surface area contributed by atoms with E-state index < -0.39 is 0 Å². The lowest BCUT2D eigenvalue weighted by atomic mass is 10.00. The van der Waals surface area contributed by atoms with Gasteiger partial charge in [0.15, 0.2) is 5.13 Å². The van der Waals surface area contributed by atoms with Crippen LogP contribution in [0.2, 0.25) is 0 Å². The Morgan fingerprint density at radius 2 is 2.29 bits per heavy atom. The van der Waals surface area contributed by atoms with Gasteiger partial charge < -0.3 is 11.1 Å². The number of halogens is 1. The molecule has 3 N–H and O–H groups in total. The van der Waals surface area contributed by atoms with Crippen molar-refractivity contribution in [2.45, 2.75) is 45.1 Å². The van der Waals surface area contributed by atoms with Crippen molar-refractivity contribution in [1.82, 2.24) is 4.98 Å². The smallest absolute Gasteiger partial charge is 0.226 e. The van der Waals surface area contributed by atoms with E-state index in [4.69, 9.17) is 5.73 Å². The SMILES string of the molecule is Cc1ccc(Cc2cnc(NC(=O)C[C@@H]3CCC[C@H]3N)s2)cc1F. The molecular formula is C18H22FN3OS. The number of hydrogen-bond acceptors (Lipinski definition) is 4. The summed E-state index contributed by atoms with van der Waals surface area (Å²) in [5.41, 5.74) is 7.55. The molecule has 1 aromatic heterocycles. The highest BCUT2D eigenvalue weighted by atomic mass is 32.1. The quantitative estimate of drug-likeness (QED) is 0.868. The molecule has 3 rings (SSSR count). The molecule has 1 fully saturated rings. The van der Waals surface area contributed by atoms with Crippen LogP contribution >= 0.6 is 11.3 Å². The van der Waals surface area contributed by atoms with Crippen molar-refractivity contribution in [3.05, 3.63) is 46.2 Å². The number of aromatic nitrogens is 1. The molecule has 6 heteroatoms. The Morgan fingerprint density at radius 1 is 1.46 bits per heavy atom. The summed E-state index contributed by atoms with van der Waals surface area (Å²) in [5, 5.41) is 3.45. The van der Waals surface area contributed by atoms with Crippen LogP contribution in [-0.2, 0) is 11.2 Å². The molecule has 1 amide bonds. The number of benzene rings is 1. The van der Waals surface area contributed by atoms with Crippen molar-refractivity contribution in [1.29, 1.82) is 0 Å². The zero-order valence-corrected chi connectivity index (χ0v) is 14.5. The van der Waals surface area contributed by atoms with Crippen molar-refractivity contribution in [3.8, 4) is 0 Å². The number of carbonyl (C=O) groups is 1. The largest absolute Gasteiger partial charge is 0.327 e. The van der Waals surface area contributed by atoms with Gasteiger partial charge in [0, 0.05) is 30.0 Å². The van der Waals surface area contributed by atoms with E-state index in [1.165, 1.54) is 11.3 Å². The molecule has 1 aliphatic rings.